The zero-order valence-electron chi connectivity index (χ0n) is 25.5. The van der Waals surface area contributed by atoms with Crippen LogP contribution in [0.2, 0.25) is 0 Å². The molecule has 0 aliphatic rings. The molecule has 0 fully saturated rings. The molecule has 3 aromatic carbocycles. The van der Waals surface area contributed by atoms with E-state index in [1.165, 1.54) is 72.0 Å². The van der Waals surface area contributed by atoms with Gasteiger partial charge in [0.1, 0.15) is 11.4 Å². The molecule has 240 valence electrons. The molecule has 4 aromatic rings. The zero-order valence-corrected chi connectivity index (χ0v) is 26.3. The summed E-state index contributed by atoms with van der Waals surface area (Å²) in [6.45, 7) is 0. The van der Waals surface area contributed by atoms with E-state index in [4.69, 9.17) is 23.7 Å². The molecule has 0 saturated carbocycles. The molecule has 0 saturated heterocycles. The van der Waals surface area contributed by atoms with Crippen molar-refractivity contribution in [2.45, 2.75) is 4.90 Å². The van der Waals surface area contributed by atoms with Crippen LogP contribution in [0.15, 0.2) is 83.4 Å². The summed E-state index contributed by atoms with van der Waals surface area (Å²) in [5, 5.41) is 5.33. The second-order valence-corrected chi connectivity index (χ2v) is 10.9. The largest absolute Gasteiger partial charge is 0.497 e. The van der Waals surface area contributed by atoms with E-state index >= 15 is 0 Å². The number of methoxy groups -OCH3 is 5. The van der Waals surface area contributed by atoms with Crippen molar-refractivity contribution in [1.82, 2.24) is 15.3 Å². The quantitative estimate of drug-likeness (QED) is 0.180. The summed E-state index contributed by atoms with van der Waals surface area (Å²) >= 11 is 0. The van der Waals surface area contributed by atoms with E-state index in [-0.39, 0.29) is 39.6 Å². The SMILES string of the molecule is COc1ccc(C(=O)NC(=Cc2ccc(OC)c(OC)c2)C(=O)Nc2ccc(S(=O)(=O)Nc3cc(OC)nc(OC)n3)cc2)cc1. The van der Waals surface area contributed by atoms with E-state index < -0.39 is 21.8 Å². The highest BCUT2D eigenvalue weighted by Gasteiger charge is 2.19. The number of aromatic nitrogens is 2. The van der Waals surface area contributed by atoms with Crippen LogP contribution >= 0.6 is 0 Å². The van der Waals surface area contributed by atoms with Crippen LogP contribution in [0.4, 0.5) is 11.5 Å². The first-order chi connectivity index (χ1) is 22.1. The van der Waals surface area contributed by atoms with E-state index in [1.807, 2.05) is 0 Å². The molecular weight excluding hydrogens is 618 g/mol. The Balaban J connectivity index is 1.58. The van der Waals surface area contributed by atoms with E-state index in [2.05, 4.69) is 25.3 Å². The minimum Gasteiger partial charge on any atom is -0.497 e. The number of benzene rings is 3. The van der Waals surface area contributed by atoms with Crippen molar-refractivity contribution < 1.29 is 41.7 Å². The Morgan fingerprint density at radius 1 is 0.739 bits per heavy atom. The molecule has 14 nitrogen and oxygen atoms in total. The number of carbonyl (C=O) groups is 2. The number of hydrogen-bond donors (Lipinski definition) is 3. The van der Waals surface area contributed by atoms with Gasteiger partial charge in [-0.25, -0.2) is 8.42 Å². The summed E-state index contributed by atoms with van der Waals surface area (Å²) in [5.41, 5.74) is 0.973. The van der Waals surface area contributed by atoms with Crippen molar-refractivity contribution in [3.63, 3.8) is 0 Å². The van der Waals surface area contributed by atoms with Gasteiger partial charge >= 0.3 is 6.01 Å². The van der Waals surface area contributed by atoms with Crippen LogP contribution in [0.25, 0.3) is 6.08 Å². The van der Waals surface area contributed by atoms with Crippen molar-refractivity contribution in [3.05, 3.63) is 89.6 Å². The monoisotopic (exact) mass is 649 g/mol. The highest BCUT2D eigenvalue weighted by atomic mass is 32.2. The van der Waals surface area contributed by atoms with Crippen LogP contribution in [0, 0.1) is 0 Å². The molecule has 3 N–H and O–H groups in total. The van der Waals surface area contributed by atoms with Crippen LogP contribution in [-0.4, -0.2) is 65.7 Å². The number of sulfonamides is 1. The Kier molecular flexibility index (Phi) is 10.6. The fourth-order valence-corrected chi connectivity index (χ4v) is 4.96. The second kappa shape index (κ2) is 14.8. The highest BCUT2D eigenvalue weighted by molar-refractivity contribution is 7.92. The van der Waals surface area contributed by atoms with Crippen LogP contribution < -0.4 is 39.0 Å². The summed E-state index contributed by atoms with van der Waals surface area (Å²) in [7, 11) is 3.09. The summed E-state index contributed by atoms with van der Waals surface area (Å²) in [6, 6.07) is 17.9. The second-order valence-electron chi connectivity index (χ2n) is 9.22. The summed E-state index contributed by atoms with van der Waals surface area (Å²) in [4.78, 5) is 34.4. The third-order valence-electron chi connectivity index (χ3n) is 6.30. The minimum atomic E-state index is -4.09. The van der Waals surface area contributed by atoms with E-state index in [1.54, 1.807) is 42.5 Å². The third kappa shape index (κ3) is 8.21. The lowest BCUT2D eigenvalue weighted by atomic mass is 10.1. The fourth-order valence-electron chi connectivity index (χ4n) is 3.97. The van der Waals surface area contributed by atoms with Crippen molar-refractivity contribution in [3.8, 4) is 29.1 Å². The maximum Gasteiger partial charge on any atom is 0.321 e. The van der Waals surface area contributed by atoms with Crippen molar-refractivity contribution in [1.29, 1.82) is 0 Å². The van der Waals surface area contributed by atoms with Crippen molar-refractivity contribution >= 4 is 39.4 Å². The molecule has 0 radical (unpaired) electrons. The number of hydrogen-bond acceptors (Lipinski definition) is 11. The van der Waals surface area contributed by atoms with Crippen molar-refractivity contribution in [2.75, 3.05) is 45.6 Å². The predicted octanol–water partition coefficient (Wildman–Crippen LogP) is 3.73. The summed E-state index contributed by atoms with van der Waals surface area (Å²) < 4.78 is 54.2. The van der Waals surface area contributed by atoms with Crippen LogP contribution in [0.1, 0.15) is 15.9 Å². The van der Waals surface area contributed by atoms with E-state index in [9.17, 15) is 18.0 Å². The van der Waals surface area contributed by atoms with Gasteiger partial charge in [0.2, 0.25) is 5.88 Å². The topological polar surface area (TPSA) is 176 Å². The Labute approximate surface area is 265 Å². The Bertz CT molecular complexity index is 1820. The molecule has 4 rings (SSSR count). The minimum absolute atomic E-state index is 0.0707. The van der Waals surface area contributed by atoms with E-state index in [0.29, 0.717) is 22.8 Å². The smallest absolute Gasteiger partial charge is 0.321 e. The highest BCUT2D eigenvalue weighted by Crippen LogP contribution is 2.28. The molecule has 2 amide bonds. The van der Waals surface area contributed by atoms with Crippen molar-refractivity contribution in [2.24, 2.45) is 0 Å². The Morgan fingerprint density at radius 2 is 1.43 bits per heavy atom. The van der Waals surface area contributed by atoms with Gasteiger partial charge in [0.25, 0.3) is 21.8 Å². The van der Waals surface area contributed by atoms with Gasteiger partial charge in [-0.3, -0.25) is 14.3 Å². The van der Waals surface area contributed by atoms with Crippen LogP contribution in [-0.2, 0) is 14.8 Å². The molecule has 0 aliphatic carbocycles. The summed E-state index contributed by atoms with van der Waals surface area (Å²) in [6.07, 6.45) is 1.46. The molecule has 1 aromatic heterocycles. The van der Waals surface area contributed by atoms with Crippen LogP contribution in [0.5, 0.6) is 29.1 Å². The maximum atomic E-state index is 13.5. The lowest BCUT2D eigenvalue weighted by Gasteiger charge is -2.13. The molecule has 15 heteroatoms. The first-order valence-electron chi connectivity index (χ1n) is 13.4. The number of anilines is 2. The lowest BCUT2D eigenvalue weighted by Crippen LogP contribution is -2.30. The number of rotatable bonds is 13. The zero-order chi connectivity index (χ0) is 33.3. The molecule has 0 aliphatic heterocycles. The number of carbonyl (C=O) groups excluding carboxylic acids is 2. The molecule has 0 bridgehead atoms. The predicted molar refractivity (Wildman–Crippen MR) is 169 cm³/mol. The Morgan fingerprint density at radius 3 is 2.04 bits per heavy atom. The number of amides is 2. The number of ether oxygens (including phenoxy) is 5. The molecule has 1 heterocycles. The molecule has 46 heavy (non-hydrogen) atoms. The van der Waals surface area contributed by atoms with E-state index in [0.717, 1.165) is 0 Å². The van der Waals surface area contributed by atoms with Gasteiger partial charge in [0, 0.05) is 17.3 Å². The molecule has 0 atom stereocenters. The van der Waals surface area contributed by atoms with Gasteiger partial charge in [-0.15, -0.1) is 0 Å². The average molecular weight is 650 g/mol. The normalized spacial score (nSPS) is 11.2. The molecule has 0 unspecified atom stereocenters. The first kappa shape index (κ1) is 33.1. The molecule has 0 spiro atoms. The van der Waals surface area contributed by atoms with Gasteiger partial charge in [-0.05, 0) is 72.3 Å². The standard InChI is InChI=1S/C31H31N5O9S/c1-41-22-11-7-20(8-12-22)29(37)33-24(16-19-6-15-25(42-2)26(17-19)43-3)30(38)32-21-9-13-23(14-10-21)46(39,40)36-27-18-28(44-4)35-31(34-27)45-5/h6-18H,1-5H3,(H,32,38)(H,33,37)(H,34,35,36). The maximum absolute atomic E-state index is 13.5. The lowest BCUT2D eigenvalue weighted by molar-refractivity contribution is -0.113. The Hall–Kier alpha value is -5.83. The summed E-state index contributed by atoms with van der Waals surface area (Å²) in [5.74, 6) is 0.266. The third-order valence-corrected chi connectivity index (χ3v) is 7.67. The first-order valence-corrected chi connectivity index (χ1v) is 14.9. The van der Waals surface area contributed by atoms with Gasteiger partial charge in [0.15, 0.2) is 17.3 Å². The van der Waals surface area contributed by atoms with Gasteiger partial charge in [0.05, 0.1) is 40.4 Å². The molecular formula is C31H31N5O9S. The van der Waals surface area contributed by atoms with Crippen LogP contribution in [0.3, 0.4) is 0 Å². The average Bonchev–Trinajstić information content (AvgIpc) is 3.07. The fraction of sp³-hybridized carbons (Fsp3) is 0.161. The number of nitrogens with zero attached hydrogens (tertiary/aromatic N) is 2. The van der Waals surface area contributed by atoms with Gasteiger partial charge < -0.3 is 34.3 Å². The number of nitrogens with one attached hydrogen (secondary N) is 3. The van der Waals surface area contributed by atoms with Gasteiger partial charge in [-0.2, -0.15) is 9.97 Å². The van der Waals surface area contributed by atoms with Gasteiger partial charge in [-0.1, -0.05) is 6.07 Å².